The number of benzene rings is 1. The molecular formula is C21H29ClN6O. The quantitative estimate of drug-likeness (QED) is 0.776. The molecule has 1 aromatic heterocycles. The zero-order valence-corrected chi connectivity index (χ0v) is 18.4. The maximum Gasteiger partial charge on any atom is 0.271 e. The summed E-state index contributed by atoms with van der Waals surface area (Å²) in [6.07, 6.45) is 0.571. The zero-order chi connectivity index (χ0) is 21.3. The molecule has 2 aromatic rings. The van der Waals surface area contributed by atoms with Crippen LogP contribution < -0.4 is 16.0 Å². The fourth-order valence-corrected chi connectivity index (χ4v) is 4.02. The predicted molar refractivity (Wildman–Crippen MR) is 118 cm³/mol. The van der Waals surface area contributed by atoms with E-state index in [1.807, 2.05) is 19.1 Å². The van der Waals surface area contributed by atoms with Crippen molar-refractivity contribution in [1.82, 2.24) is 14.9 Å². The topological polar surface area (TPSA) is 87.4 Å². The summed E-state index contributed by atoms with van der Waals surface area (Å²) in [7, 11) is 2.17. The van der Waals surface area contributed by atoms with Gasteiger partial charge in [-0.05, 0) is 58.0 Å². The zero-order valence-electron chi connectivity index (χ0n) is 17.7. The van der Waals surface area contributed by atoms with Crippen LogP contribution >= 0.6 is 11.6 Å². The fraction of sp³-hybridized carbons (Fsp3) is 0.476. The molecule has 29 heavy (non-hydrogen) atoms. The number of hydrogen-bond acceptors (Lipinski definition) is 6. The summed E-state index contributed by atoms with van der Waals surface area (Å²) < 4.78 is 0. The van der Waals surface area contributed by atoms with E-state index in [0.717, 1.165) is 24.3 Å². The number of anilines is 3. The van der Waals surface area contributed by atoms with Crippen LogP contribution in [-0.2, 0) is 6.42 Å². The molecule has 0 saturated carbocycles. The van der Waals surface area contributed by atoms with Crippen LogP contribution in [0.3, 0.4) is 0 Å². The molecule has 0 aliphatic carbocycles. The van der Waals surface area contributed by atoms with Crippen molar-refractivity contribution in [2.75, 3.05) is 30.4 Å². The smallest absolute Gasteiger partial charge is 0.271 e. The highest BCUT2D eigenvalue weighted by Gasteiger charge is 2.27. The Kier molecular flexibility index (Phi) is 6.29. The molecular weight excluding hydrogens is 388 g/mol. The molecule has 0 unspecified atom stereocenters. The van der Waals surface area contributed by atoms with Gasteiger partial charge in [0.2, 0.25) is 0 Å². The number of nitrogens with two attached hydrogens (primary N) is 1. The lowest BCUT2D eigenvalue weighted by Gasteiger charge is -2.44. The monoisotopic (exact) mass is 416 g/mol. The molecule has 0 radical (unpaired) electrons. The van der Waals surface area contributed by atoms with Crippen molar-refractivity contribution in [3.05, 3.63) is 40.3 Å². The van der Waals surface area contributed by atoms with Crippen molar-refractivity contribution >= 4 is 34.7 Å². The third-order valence-corrected chi connectivity index (χ3v) is 5.86. The van der Waals surface area contributed by atoms with Crippen LogP contribution in [0.4, 0.5) is 17.2 Å². The van der Waals surface area contributed by atoms with Crippen LogP contribution in [0.5, 0.6) is 0 Å². The second-order valence-electron chi connectivity index (χ2n) is 7.79. The van der Waals surface area contributed by atoms with Gasteiger partial charge in [-0.15, -0.1) is 0 Å². The molecule has 0 bridgehead atoms. The Morgan fingerprint density at radius 1 is 1.28 bits per heavy atom. The van der Waals surface area contributed by atoms with Gasteiger partial charge < -0.3 is 16.0 Å². The van der Waals surface area contributed by atoms with Gasteiger partial charge in [-0.1, -0.05) is 18.5 Å². The summed E-state index contributed by atoms with van der Waals surface area (Å²) in [5.74, 6) is -0.367. The standard InChI is InChI=1S/C21H29ClN6O/c1-6-16-19(22)26-21(18(25-16)20(23)29)24-15-7-8-17(12(2)9-15)28-11-13(3)27(5)10-14(28)4/h7-9,13-14H,6,10-11H2,1-5H3,(H2,23,29)(H,24,26)/t13-,14+/m0/s1. The molecule has 1 fully saturated rings. The third kappa shape index (κ3) is 4.46. The molecule has 2 heterocycles. The lowest BCUT2D eigenvalue weighted by Crippen LogP contribution is -2.55. The van der Waals surface area contributed by atoms with E-state index in [0.29, 0.717) is 24.2 Å². The summed E-state index contributed by atoms with van der Waals surface area (Å²) in [5, 5.41) is 3.43. The van der Waals surface area contributed by atoms with Crippen molar-refractivity contribution in [2.45, 2.75) is 46.2 Å². The molecule has 1 aliphatic heterocycles. The first kappa shape index (κ1) is 21.3. The minimum absolute atomic E-state index is 0.0921. The average Bonchev–Trinajstić information content (AvgIpc) is 2.65. The minimum Gasteiger partial charge on any atom is -0.366 e. The van der Waals surface area contributed by atoms with Gasteiger partial charge in [0.05, 0.1) is 5.69 Å². The van der Waals surface area contributed by atoms with E-state index in [2.05, 4.69) is 59.0 Å². The second kappa shape index (κ2) is 8.55. The maximum atomic E-state index is 11.8. The Morgan fingerprint density at radius 3 is 2.62 bits per heavy atom. The van der Waals surface area contributed by atoms with Crippen molar-refractivity contribution in [3.8, 4) is 0 Å². The van der Waals surface area contributed by atoms with E-state index in [1.54, 1.807) is 0 Å². The number of hydrogen-bond donors (Lipinski definition) is 2. The molecule has 1 saturated heterocycles. The number of aryl methyl sites for hydroxylation is 2. The number of nitrogens with one attached hydrogen (secondary N) is 1. The highest BCUT2D eigenvalue weighted by Crippen LogP contribution is 2.30. The molecule has 8 heteroatoms. The fourth-order valence-electron chi connectivity index (χ4n) is 3.76. The molecule has 156 valence electrons. The highest BCUT2D eigenvalue weighted by molar-refractivity contribution is 6.30. The van der Waals surface area contributed by atoms with Gasteiger partial charge in [-0.2, -0.15) is 0 Å². The minimum atomic E-state index is -0.639. The van der Waals surface area contributed by atoms with Gasteiger partial charge in [0, 0.05) is 36.5 Å². The lowest BCUT2D eigenvalue weighted by atomic mass is 10.1. The van der Waals surface area contributed by atoms with E-state index in [1.165, 1.54) is 5.69 Å². The first-order valence-corrected chi connectivity index (χ1v) is 10.3. The normalized spacial score (nSPS) is 20.0. The Bertz CT molecular complexity index is 918. The van der Waals surface area contributed by atoms with Crippen LogP contribution in [0, 0.1) is 6.92 Å². The Balaban J connectivity index is 1.88. The Hall–Kier alpha value is -2.38. The number of nitrogens with zero attached hydrogens (tertiary/aromatic N) is 4. The number of halogens is 1. The Labute approximate surface area is 177 Å². The van der Waals surface area contributed by atoms with Gasteiger partial charge in [-0.3, -0.25) is 9.69 Å². The van der Waals surface area contributed by atoms with Crippen LogP contribution in [0.2, 0.25) is 5.15 Å². The molecule has 3 N–H and O–H groups in total. The number of likely N-dealkylation sites (N-methyl/N-ethyl adjacent to an activating group) is 1. The number of carbonyl (C=O) groups excluding carboxylic acids is 1. The van der Waals surface area contributed by atoms with Crippen molar-refractivity contribution in [1.29, 1.82) is 0 Å². The highest BCUT2D eigenvalue weighted by atomic mass is 35.5. The summed E-state index contributed by atoms with van der Waals surface area (Å²) in [5.41, 5.74) is 9.30. The van der Waals surface area contributed by atoms with Crippen LogP contribution in [0.15, 0.2) is 18.2 Å². The number of rotatable bonds is 5. The van der Waals surface area contributed by atoms with Crippen LogP contribution in [-0.4, -0.2) is 53.0 Å². The van der Waals surface area contributed by atoms with Crippen LogP contribution in [0.1, 0.15) is 42.5 Å². The van der Waals surface area contributed by atoms with Gasteiger partial charge in [-0.25, -0.2) is 9.97 Å². The molecule has 0 spiro atoms. The third-order valence-electron chi connectivity index (χ3n) is 5.55. The second-order valence-corrected chi connectivity index (χ2v) is 8.15. The summed E-state index contributed by atoms with van der Waals surface area (Å²) in [4.78, 5) is 25.3. The average molecular weight is 417 g/mol. The largest absolute Gasteiger partial charge is 0.366 e. The molecule has 7 nitrogen and oxygen atoms in total. The lowest BCUT2D eigenvalue weighted by molar-refractivity contribution is 0.0996. The van der Waals surface area contributed by atoms with E-state index < -0.39 is 5.91 Å². The van der Waals surface area contributed by atoms with E-state index in [4.69, 9.17) is 17.3 Å². The first-order chi connectivity index (χ1) is 13.7. The summed E-state index contributed by atoms with van der Waals surface area (Å²) in [6.45, 7) is 10.5. The Morgan fingerprint density at radius 2 is 2.00 bits per heavy atom. The van der Waals surface area contributed by atoms with Gasteiger partial charge in [0.15, 0.2) is 16.7 Å². The molecule has 2 atom stereocenters. The number of carbonyl (C=O) groups is 1. The van der Waals surface area contributed by atoms with E-state index in [-0.39, 0.29) is 16.7 Å². The SMILES string of the molecule is CCc1nc(C(N)=O)c(Nc2ccc(N3C[C@H](C)N(C)C[C@H]3C)c(C)c2)nc1Cl. The first-order valence-electron chi connectivity index (χ1n) is 9.92. The predicted octanol–water partition coefficient (Wildman–Crippen LogP) is 3.37. The van der Waals surface area contributed by atoms with Crippen molar-refractivity contribution in [2.24, 2.45) is 5.73 Å². The van der Waals surface area contributed by atoms with Gasteiger partial charge in [0.25, 0.3) is 5.91 Å². The van der Waals surface area contributed by atoms with Crippen molar-refractivity contribution < 1.29 is 4.79 Å². The number of aromatic nitrogens is 2. The number of piperazine rings is 1. The molecule has 3 rings (SSSR count). The molecule has 1 aliphatic rings. The maximum absolute atomic E-state index is 11.8. The summed E-state index contributed by atoms with van der Waals surface area (Å²) >= 11 is 6.20. The molecule has 1 aromatic carbocycles. The number of amides is 1. The van der Waals surface area contributed by atoms with Gasteiger partial charge >= 0.3 is 0 Å². The van der Waals surface area contributed by atoms with E-state index in [9.17, 15) is 4.79 Å². The van der Waals surface area contributed by atoms with Gasteiger partial charge in [0.1, 0.15) is 0 Å². The number of primary amides is 1. The molecule has 1 amide bonds. The summed E-state index contributed by atoms with van der Waals surface area (Å²) in [6, 6.07) is 7.05. The van der Waals surface area contributed by atoms with Crippen LogP contribution in [0.25, 0.3) is 0 Å². The van der Waals surface area contributed by atoms with Crippen molar-refractivity contribution in [3.63, 3.8) is 0 Å². The van der Waals surface area contributed by atoms with E-state index >= 15 is 0 Å².